The Balaban J connectivity index is 1.89. The molecule has 6 nitrogen and oxygen atoms in total. The van der Waals surface area contributed by atoms with Crippen LogP contribution in [0.25, 0.3) is 5.69 Å². The topological polar surface area (TPSA) is 78.6 Å². The van der Waals surface area contributed by atoms with E-state index in [0.29, 0.717) is 12.2 Å². The van der Waals surface area contributed by atoms with Crippen molar-refractivity contribution in [1.29, 1.82) is 0 Å². The van der Waals surface area contributed by atoms with E-state index in [0.717, 1.165) is 12.8 Å². The minimum absolute atomic E-state index is 0.0651. The fourth-order valence-electron chi connectivity index (χ4n) is 2.67. The molecule has 1 saturated heterocycles. The summed E-state index contributed by atoms with van der Waals surface area (Å²) in [4.78, 5) is 14.0. The number of hydrogen-bond acceptors (Lipinski definition) is 4. The average Bonchev–Trinajstić information content (AvgIpc) is 3.13. The number of aromatic hydroxyl groups is 1. The Bertz CT molecular complexity index is 684. The third-order valence-electron chi connectivity index (χ3n) is 3.84. The predicted octanol–water partition coefficient (Wildman–Crippen LogP) is 1.31. The standard InChI is InChI=1S/C15H16FN3O3/c16-10-3-5-11(6-4-10)19-8-13(21)14(17-19)15(22)18-7-1-2-12(18)9-20/h3-6,8,12,20-21H,1-2,7,9H2/t12-/m1/s1. The number of likely N-dealkylation sites (tertiary alicyclic amines) is 1. The molecule has 1 aromatic heterocycles. The van der Waals surface area contributed by atoms with Crippen molar-refractivity contribution < 1.29 is 19.4 Å². The zero-order valence-electron chi connectivity index (χ0n) is 11.8. The van der Waals surface area contributed by atoms with Crippen molar-refractivity contribution in [2.45, 2.75) is 18.9 Å². The van der Waals surface area contributed by atoms with Gasteiger partial charge in [-0.3, -0.25) is 4.79 Å². The van der Waals surface area contributed by atoms with E-state index in [1.54, 1.807) is 0 Å². The van der Waals surface area contributed by atoms with E-state index >= 15 is 0 Å². The summed E-state index contributed by atoms with van der Waals surface area (Å²) in [6.45, 7) is 0.429. The zero-order chi connectivity index (χ0) is 15.7. The molecule has 1 aromatic carbocycles. The maximum atomic E-state index is 12.9. The summed E-state index contributed by atoms with van der Waals surface area (Å²) in [5.74, 6) is -1.02. The monoisotopic (exact) mass is 305 g/mol. The Morgan fingerprint density at radius 2 is 2.09 bits per heavy atom. The Hall–Kier alpha value is -2.41. The lowest BCUT2D eigenvalue weighted by molar-refractivity contribution is 0.0668. The average molecular weight is 305 g/mol. The van der Waals surface area contributed by atoms with Gasteiger partial charge in [0, 0.05) is 6.54 Å². The first-order chi connectivity index (χ1) is 10.6. The quantitative estimate of drug-likeness (QED) is 0.896. The summed E-state index contributed by atoms with van der Waals surface area (Å²) in [5, 5.41) is 23.4. The molecular formula is C15H16FN3O3. The van der Waals surface area contributed by atoms with Crippen molar-refractivity contribution in [3.8, 4) is 11.4 Å². The maximum Gasteiger partial charge on any atom is 0.278 e. The van der Waals surface area contributed by atoms with Crippen LogP contribution in [-0.4, -0.2) is 50.0 Å². The van der Waals surface area contributed by atoms with Gasteiger partial charge in [0.15, 0.2) is 11.4 Å². The Morgan fingerprint density at radius 1 is 1.36 bits per heavy atom. The number of nitrogens with zero attached hydrogens (tertiary/aromatic N) is 3. The van der Waals surface area contributed by atoms with E-state index in [2.05, 4.69) is 5.10 Å². The predicted molar refractivity (Wildman–Crippen MR) is 76.3 cm³/mol. The van der Waals surface area contributed by atoms with Crippen LogP contribution in [0.4, 0.5) is 4.39 Å². The highest BCUT2D eigenvalue weighted by atomic mass is 19.1. The van der Waals surface area contributed by atoms with Crippen molar-refractivity contribution in [3.63, 3.8) is 0 Å². The van der Waals surface area contributed by atoms with Crippen molar-refractivity contribution in [3.05, 3.63) is 42.0 Å². The minimum atomic E-state index is -0.407. The summed E-state index contributed by atoms with van der Waals surface area (Å²) < 4.78 is 14.3. The number of aliphatic hydroxyl groups is 1. The van der Waals surface area contributed by atoms with Crippen LogP contribution in [0.1, 0.15) is 23.3 Å². The van der Waals surface area contributed by atoms with E-state index in [-0.39, 0.29) is 29.9 Å². The second-order valence-corrected chi connectivity index (χ2v) is 5.26. The van der Waals surface area contributed by atoms with Gasteiger partial charge in [-0.05, 0) is 37.1 Å². The molecule has 2 heterocycles. The first-order valence-electron chi connectivity index (χ1n) is 7.06. The highest BCUT2D eigenvalue weighted by Crippen LogP contribution is 2.24. The fourth-order valence-corrected chi connectivity index (χ4v) is 2.67. The van der Waals surface area contributed by atoms with E-state index in [1.807, 2.05) is 0 Å². The van der Waals surface area contributed by atoms with Crippen LogP contribution in [0, 0.1) is 5.82 Å². The number of aliphatic hydroxyl groups excluding tert-OH is 1. The van der Waals surface area contributed by atoms with Crippen LogP contribution in [-0.2, 0) is 0 Å². The zero-order valence-corrected chi connectivity index (χ0v) is 11.8. The first kappa shape index (κ1) is 14.5. The Morgan fingerprint density at radius 3 is 2.77 bits per heavy atom. The molecule has 0 bridgehead atoms. The largest absolute Gasteiger partial charge is 0.504 e. The lowest BCUT2D eigenvalue weighted by Gasteiger charge is -2.21. The van der Waals surface area contributed by atoms with Gasteiger partial charge in [-0.25, -0.2) is 9.07 Å². The summed E-state index contributed by atoms with van der Waals surface area (Å²) in [6.07, 6.45) is 2.86. The van der Waals surface area contributed by atoms with Crippen molar-refractivity contribution in [2.75, 3.05) is 13.2 Å². The number of carbonyl (C=O) groups is 1. The van der Waals surface area contributed by atoms with Crippen molar-refractivity contribution in [1.82, 2.24) is 14.7 Å². The van der Waals surface area contributed by atoms with Crippen LogP contribution in [0.5, 0.6) is 5.75 Å². The molecule has 0 spiro atoms. The molecule has 3 rings (SSSR count). The smallest absolute Gasteiger partial charge is 0.278 e. The second-order valence-electron chi connectivity index (χ2n) is 5.26. The van der Waals surface area contributed by atoms with Gasteiger partial charge in [0.05, 0.1) is 24.5 Å². The van der Waals surface area contributed by atoms with Crippen LogP contribution in [0.3, 0.4) is 0 Å². The fraction of sp³-hybridized carbons (Fsp3) is 0.333. The van der Waals surface area contributed by atoms with Crippen LogP contribution in [0.15, 0.2) is 30.5 Å². The third kappa shape index (κ3) is 2.55. The van der Waals surface area contributed by atoms with Gasteiger partial charge >= 0.3 is 0 Å². The van der Waals surface area contributed by atoms with Gasteiger partial charge in [-0.2, -0.15) is 5.10 Å². The first-order valence-corrected chi connectivity index (χ1v) is 7.06. The summed E-state index contributed by atoms with van der Waals surface area (Å²) in [5.41, 5.74) is 0.473. The maximum absolute atomic E-state index is 12.9. The molecule has 0 saturated carbocycles. The summed E-state index contributed by atoms with van der Waals surface area (Å²) in [6, 6.07) is 5.32. The van der Waals surface area contributed by atoms with Crippen LogP contribution >= 0.6 is 0 Å². The molecule has 0 unspecified atom stereocenters. The number of aromatic nitrogens is 2. The Labute approximate surface area is 126 Å². The normalized spacial score (nSPS) is 17.9. The summed E-state index contributed by atoms with van der Waals surface area (Å²) in [7, 11) is 0. The Kier molecular flexibility index (Phi) is 3.81. The number of rotatable bonds is 3. The highest BCUT2D eigenvalue weighted by molar-refractivity contribution is 5.95. The lowest BCUT2D eigenvalue weighted by Crippen LogP contribution is -2.37. The lowest BCUT2D eigenvalue weighted by atomic mass is 10.2. The van der Waals surface area contributed by atoms with Gasteiger partial charge in [-0.15, -0.1) is 0 Å². The molecule has 0 aliphatic carbocycles. The number of halogens is 1. The molecule has 1 aliphatic rings. The third-order valence-corrected chi connectivity index (χ3v) is 3.84. The SMILES string of the molecule is O=C(c1nn(-c2ccc(F)cc2)cc1O)N1CCC[C@@H]1CO. The highest BCUT2D eigenvalue weighted by Gasteiger charge is 2.31. The number of carbonyl (C=O) groups excluding carboxylic acids is 1. The minimum Gasteiger partial charge on any atom is -0.504 e. The van der Waals surface area contributed by atoms with Crippen molar-refractivity contribution in [2.24, 2.45) is 0 Å². The van der Waals surface area contributed by atoms with E-state index in [9.17, 15) is 19.4 Å². The number of hydrogen-bond donors (Lipinski definition) is 2. The molecule has 1 atom stereocenters. The molecule has 22 heavy (non-hydrogen) atoms. The van der Waals surface area contributed by atoms with Crippen LogP contribution in [0.2, 0.25) is 0 Å². The van der Waals surface area contributed by atoms with Gasteiger partial charge in [-0.1, -0.05) is 0 Å². The molecule has 0 radical (unpaired) electrons. The van der Waals surface area contributed by atoms with E-state index < -0.39 is 5.91 Å². The molecule has 2 N–H and O–H groups in total. The van der Waals surface area contributed by atoms with Crippen LogP contribution < -0.4 is 0 Å². The number of amides is 1. The molecule has 1 fully saturated rings. The molecular weight excluding hydrogens is 289 g/mol. The second kappa shape index (κ2) is 5.76. The summed E-state index contributed by atoms with van der Waals surface area (Å²) >= 11 is 0. The van der Waals surface area contributed by atoms with E-state index in [1.165, 1.54) is 40.0 Å². The van der Waals surface area contributed by atoms with Gasteiger partial charge in [0.1, 0.15) is 5.82 Å². The van der Waals surface area contributed by atoms with Gasteiger partial charge in [0.25, 0.3) is 5.91 Å². The molecule has 7 heteroatoms. The van der Waals surface area contributed by atoms with E-state index in [4.69, 9.17) is 0 Å². The van der Waals surface area contributed by atoms with Gasteiger partial charge < -0.3 is 15.1 Å². The molecule has 2 aromatic rings. The molecule has 1 amide bonds. The van der Waals surface area contributed by atoms with Gasteiger partial charge in [0.2, 0.25) is 0 Å². The number of benzene rings is 1. The molecule has 116 valence electrons. The van der Waals surface area contributed by atoms with Crippen molar-refractivity contribution >= 4 is 5.91 Å². The molecule has 1 aliphatic heterocycles.